The van der Waals surface area contributed by atoms with Crippen molar-refractivity contribution >= 4 is 40.2 Å². The van der Waals surface area contributed by atoms with Gasteiger partial charge in [0.1, 0.15) is 10.7 Å². The van der Waals surface area contributed by atoms with Crippen molar-refractivity contribution in [3.05, 3.63) is 53.1 Å². The third kappa shape index (κ3) is 3.01. The van der Waals surface area contributed by atoms with Crippen molar-refractivity contribution in [2.45, 2.75) is 6.42 Å². The molecule has 3 heterocycles. The second-order valence-corrected chi connectivity index (χ2v) is 5.24. The maximum atomic E-state index is 6.16. The van der Waals surface area contributed by atoms with Gasteiger partial charge in [-0.05, 0) is 18.2 Å². The van der Waals surface area contributed by atoms with Crippen LogP contribution in [-0.2, 0) is 0 Å². The number of thiocarbonyl (C=S) groups is 1. The van der Waals surface area contributed by atoms with Crippen molar-refractivity contribution in [3.8, 4) is 0 Å². The van der Waals surface area contributed by atoms with E-state index >= 15 is 0 Å². The smallest absolute Gasteiger partial charge is 0.126 e. The standard InChI is InChI=1S/C14H12ClN5S/c15-10-3-7-18-13-11(4-8-17-12(10)13)19-20-14(21)9-1-5-16-6-2-9/h1-3,5-7,17H,4,8H2,(H,20,21)/b19-11-. The molecule has 0 aromatic carbocycles. The van der Waals surface area contributed by atoms with E-state index in [4.69, 9.17) is 23.8 Å². The van der Waals surface area contributed by atoms with Crippen LogP contribution in [0.4, 0.5) is 5.69 Å². The first kappa shape index (κ1) is 13.9. The van der Waals surface area contributed by atoms with Gasteiger partial charge in [-0.2, -0.15) is 5.10 Å². The van der Waals surface area contributed by atoms with Gasteiger partial charge in [0.15, 0.2) is 0 Å². The maximum absolute atomic E-state index is 6.16. The molecule has 0 saturated carbocycles. The summed E-state index contributed by atoms with van der Waals surface area (Å²) < 4.78 is 0. The van der Waals surface area contributed by atoms with Crippen molar-refractivity contribution in [3.63, 3.8) is 0 Å². The quantitative estimate of drug-likeness (QED) is 0.658. The zero-order valence-electron chi connectivity index (χ0n) is 11.0. The molecule has 0 aliphatic carbocycles. The third-order valence-corrected chi connectivity index (χ3v) is 3.71. The molecule has 106 valence electrons. The number of rotatable bonds is 2. The van der Waals surface area contributed by atoms with Crippen LogP contribution in [0.2, 0.25) is 5.02 Å². The van der Waals surface area contributed by atoms with E-state index in [9.17, 15) is 0 Å². The summed E-state index contributed by atoms with van der Waals surface area (Å²) in [6, 6.07) is 5.42. The Hall–Kier alpha value is -2.05. The molecule has 0 bridgehead atoms. The monoisotopic (exact) mass is 317 g/mol. The van der Waals surface area contributed by atoms with Gasteiger partial charge in [-0.25, -0.2) is 0 Å². The zero-order chi connectivity index (χ0) is 14.7. The van der Waals surface area contributed by atoms with E-state index in [2.05, 4.69) is 25.8 Å². The average molecular weight is 318 g/mol. The number of aromatic nitrogens is 2. The Morgan fingerprint density at radius 2 is 2.10 bits per heavy atom. The largest absolute Gasteiger partial charge is 0.382 e. The van der Waals surface area contributed by atoms with Crippen LogP contribution < -0.4 is 10.7 Å². The molecule has 2 N–H and O–H groups in total. The van der Waals surface area contributed by atoms with Gasteiger partial charge in [0.2, 0.25) is 0 Å². The molecule has 2 aromatic rings. The molecule has 1 aliphatic rings. The number of anilines is 1. The van der Waals surface area contributed by atoms with Gasteiger partial charge in [-0.1, -0.05) is 23.8 Å². The van der Waals surface area contributed by atoms with Crippen molar-refractivity contribution < 1.29 is 0 Å². The Bertz CT molecular complexity index is 702. The molecule has 2 aromatic heterocycles. The fourth-order valence-corrected chi connectivity index (χ4v) is 2.44. The first-order chi connectivity index (χ1) is 10.3. The van der Waals surface area contributed by atoms with Gasteiger partial charge < -0.3 is 5.32 Å². The number of halogens is 1. The van der Waals surface area contributed by atoms with E-state index in [1.54, 1.807) is 24.7 Å². The molecule has 0 fully saturated rings. The summed E-state index contributed by atoms with van der Waals surface area (Å²) in [5.74, 6) is 0. The second kappa shape index (κ2) is 6.15. The first-order valence-electron chi connectivity index (χ1n) is 6.41. The number of nitrogens with one attached hydrogen (secondary N) is 2. The summed E-state index contributed by atoms with van der Waals surface area (Å²) in [5.41, 5.74) is 6.20. The Balaban J connectivity index is 1.83. The predicted octanol–water partition coefficient (Wildman–Crippen LogP) is 2.62. The summed E-state index contributed by atoms with van der Waals surface area (Å²) in [7, 11) is 0. The van der Waals surface area contributed by atoms with E-state index in [0.717, 1.165) is 35.6 Å². The molecule has 0 saturated heterocycles. The number of hydrogen-bond donors (Lipinski definition) is 2. The minimum Gasteiger partial charge on any atom is -0.382 e. The molecule has 0 amide bonds. The van der Waals surface area contributed by atoms with Crippen molar-refractivity contribution in [1.29, 1.82) is 0 Å². The highest BCUT2D eigenvalue weighted by molar-refractivity contribution is 7.80. The van der Waals surface area contributed by atoms with E-state index in [-0.39, 0.29) is 0 Å². The van der Waals surface area contributed by atoms with Gasteiger partial charge in [-0.15, -0.1) is 0 Å². The summed E-state index contributed by atoms with van der Waals surface area (Å²) in [6.45, 7) is 0.765. The SMILES string of the molecule is S=C(N/N=C1/CCNc2c(Cl)ccnc21)c1ccncc1. The van der Waals surface area contributed by atoms with Crippen LogP contribution in [0.1, 0.15) is 17.7 Å². The maximum Gasteiger partial charge on any atom is 0.126 e. The third-order valence-electron chi connectivity index (χ3n) is 3.07. The van der Waals surface area contributed by atoms with Crippen LogP contribution in [0.15, 0.2) is 41.9 Å². The minimum absolute atomic E-state index is 0.548. The summed E-state index contributed by atoms with van der Waals surface area (Å²) >= 11 is 11.5. The van der Waals surface area contributed by atoms with Gasteiger partial charge >= 0.3 is 0 Å². The normalized spacial score (nSPS) is 15.2. The first-order valence-corrected chi connectivity index (χ1v) is 7.20. The fourth-order valence-electron chi connectivity index (χ4n) is 2.04. The molecule has 0 radical (unpaired) electrons. The van der Waals surface area contributed by atoms with E-state index in [0.29, 0.717) is 10.0 Å². The topological polar surface area (TPSA) is 62.2 Å². The predicted molar refractivity (Wildman–Crippen MR) is 88.0 cm³/mol. The Morgan fingerprint density at radius 3 is 2.90 bits per heavy atom. The molecule has 21 heavy (non-hydrogen) atoms. The van der Waals surface area contributed by atoms with E-state index in [1.807, 2.05) is 12.1 Å². The zero-order valence-corrected chi connectivity index (χ0v) is 12.6. The molecule has 1 aliphatic heterocycles. The number of nitrogens with zero attached hydrogens (tertiary/aromatic N) is 3. The Kier molecular flexibility index (Phi) is 4.08. The van der Waals surface area contributed by atoms with Crippen LogP contribution in [0.3, 0.4) is 0 Å². The van der Waals surface area contributed by atoms with Crippen molar-refractivity contribution in [2.24, 2.45) is 5.10 Å². The number of pyridine rings is 2. The molecular formula is C14H12ClN5S. The van der Waals surface area contributed by atoms with Crippen molar-refractivity contribution in [1.82, 2.24) is 15.4 Å². The van der Waals surface area contributed by atoms with Gasteiger partial charge in [0, 0.05) is 37.1 Å². The molecule has 7 heteroatoms. The molecule has 0 spiro atoms. The van der Waals surface area contributed by atoms with Crippen LogP contribution >= 0.6 is 23.8 Å². The molecular weight excluding hydrogens is 306 g/mol. The Labute approximate surface area is 132 Å². The highest BCUT2D eigenvalue weighted by Gasteiger charge is 2.19. The van der Waals surface area contributed by atoms with Gasteiger partial charge in [-0.3, -0.25) is 15.4 Å². The lowest BCUT2D eigenvalue weighted by molar-refractivity contribution is 0.978. The summed E-state index contributed by atoms with van der Waals surface area (Å²) in [5, 5.41) is 8.26. The summed E-state index contributed by atoms with van der Waals surface area (Å²) in [6.07, 6.45) is 5.81. The lowest BCUT2D eigenvalue weighted by atomic mass is 10.1. The number of fused-ring (bicyclic) bond motifs is 1. The molecule has 0 atom stereocenters. The highest BCUT2D eigenvalue weighted by Crippen LogP contribution is 2.28. The van der Waals surface area contributed by atoms with Crippen LogP contribution in [0.5, 0.6) is 0 Å². The lowest BCUT2D eigenvalue weighted by Gasteiger charge is -2.19. The second-order valence-electron chi connectivity index (χ2n) is 4.43. The number of hydrogen-bond acceptors (Lipinski definition) is 5. The van der Waals surface area contributed by atoms with Crippen LogP contribution in [0.25, 0.3) is 0 Å². The summed E-state index contributed by atoms with van der Waals surface area (Å²) in [4.78, 5) is 8.85. The van der Waals surface area contributed by atoms with Gasteiger partial charge in [0.05, 0.1) is 16.4 Å². The highest BCUT2D eigenvalue weighted by atomic mass is 35.5. The van der Waals surface area contributed by atoms with Crippen molar-refractivity contribution in [2.75, 3.05) is 11.9 Å². The molecule has 3 rings (SSSR count). The average Bonchev–Trinajstić information content (AvgIpc) is 2.54. The fraction of sp³-hybridized carbons (Fsp3) is 0.143. The Morgan fingerprint density at radius 1 is 1.29 bits per heavy atom. The van der Waals surface area contributed by atoms with E-state index < -0.39 is 0 Å². The van der Waals surface area contributed by atoms with Crippen LogP contribution in [-0.4, -0.2) is 27.2 Å². The minimum atomic E-state index is 0.548. The van der Waals surface area contributed by atoms with E-state index in [1.165, 1.54) is 0 Å². The number of hydrazone groups is 1. The molecule has 0 unspecified atom stereocenters. The van der Waals surface area contributed by atoms with Crippen LogP contribution in [0, 0.1) is 0 Å². The van der Waals surface area contributed by atoms with Gasteiger partial charge in [0.25, 0.3) is 0 Å². The molecule has 5 nitrogen and oxygen atoms in total. The lowest BCUT2D eigenvalue weighted by Crippen LogP contribution is -2.25.